The lowest BCUT2D eigenvalue weighted by Gasteiger charge is -2.42. The van der Waals surface area contributed by atoms with Crippen LogP contribution in [-0.4, -0.2) is 6.04 Å². The first-order chi connectivity index (χ1) is 6.80. The molecule has 15 heavy (non-hydrogen) atoms. The minimum absolute atomic E-state index is 0.123. The highest BCUT2D eigenvalue weighted by Gasteiger charge is 2.37. The van der Waals surface area contributed by atoms with Crippen LogP contribution in [0.5, 0.6) is 0 Å². The molecule has 0 saturated carbocycles. The summed E-state index contributed by atoms with van der Waals surface area (Å²) in [6.45, 7) is 13.5. The molecule has 1 heteroatoms. The molecule has 2 atom stereocenters. The van der Waals surface area contributed by atoms with Gasteiger partial charge in [-0.25, -0.2) is 0 Å². The molecular weight excluding hydrogens is 182 g/mol. The van der Waals surface area contributed by atoms with Gasteiger partial charge < -0.3 is 5.73 Å². The van der Waals surface area contributed by atoms with Gasteiger partial charge in [0.25, 0.3) is 0 Å². The number of hydrogen-bond acceptors (Lipinski definition) is 1. The normalized spacial score (nSPS) is 31.9. The fourth-order valence-electron chi connectivity index (χ4n) is 2.30. The van der Waals surface area contributed by atoms with Crippen molar-refractivity contribution in [1.29, 1.82) is 0 Å². The van der Waals surface area contributed by atoms with Crippen molar-refractivity contribution in [2.75, 3.05) is 0 Å². The lowest BCUT2D eigenvalue weighted by molar-refractivity contribution is 0.242. The predicted molar refractivity (Wildman–Crippen MR) is 67.6 cm³/mol. The lowest BCUT2D eigenvalue weighted by Crippen LogP contribution is -2.44. The van der Waals surface area contributed by atoms with Crippen LogP contribution in [0.1, 0.15) is 41.5 Å². The van der Waals surface area contributed by atoms with Crippen LogP contribution in [0.2, 0.25) is 0 Å². The van der Waals surface area contributed by atoms with Gasteiger partial charge in [-0.05, 0) is 24.3 Å². The van der Waals surface area contributed by atoms with Crippen LogP contribution in [0, 0.1) is 17.3 Å². The Bertz CT molecular complexity index is 296. The van der Waals surface area contributed by atoms with Crippen LogP contribution >= 0.6 is 0 Å². The highest BCUT2D eigenvalue weighted by Crippen LogP contribution is 2.42. The molecule has 0 heterocycles. The standard InChI is InChI=1S/C14H25N/c1-9(2)12-7-11(5)14(6,10(3)4)13(15)8-12/h7-10,13H,15H2,1-6H3. The molecule has 0 saturated heterocycles. The topological polar surface area (TPSA) is 26.0 Å². The highest BCUT2D eigenvalue weighted by atomic mass is 14.7. The second-order valence-electron chi connectivity index (χ2n) is 5.61. The van der Waals surface area contributed by atoms with Crippen molar-refractivity contribution < 1.29 is 0 Å². The molecule has 1 aliphatic rings. The molecule has 2 unspecified atom stereocenters. The van der Waals surface area contributed by atoms with Crippen molar-refractivity contribution in [3.63, 3.8) is 0 Å². The molecule has 0 aromatic carbocycles. The zero-order valence-corrected chi connectivity index (χ0v) is 11.0. The van der Waals surface area contributed by atoms with Crippen LogP contribution in [0.3, 0.4) is 0 Å². The summed E-state index contributed by atoms with van der Waals surface area (Å²) in [6.07, 6.45) is 4.58. The van der Waals surface area contributed by atoms with Crippen molar-refractivity contribution >= 4 is 0 Å². The summed E-state index contributed by atoms with van der Waals surface area (Å²) in [6, 6.07) is 0.153. The number of hydrogen-bond donors (Lipinski definition) is 1. The van der Waals surface area contributed by atoms with Gasteiger partial charge in [-0.1, -0.05) is 52.3 Å². The third-order valence-corrected chi connectivity index (χ3v) is 4.16. The second kappa shape index (κ2) is 4.13. The first kappa shape index (κ1) is 12.5. The Morgan fingerprint density at radius 2 is 1.80 bits per heavy atom. The van der Waals surface area contributed by atoms with Gasteiger partial charge >= 0.3 is 0 Å². The van der Waals surface area contributed by atoms with Crippen LogP contribution in [0.25, 0.3) is 0 Å². The van der Waals surface area contributed by atoms with E-state index >= 15 is 0 Å². The fourth-order valence-corrected chi connectivity index (χ4v) is 2.30. The average molecular weight is 207 g/mol. The molecular formula is C14H25N. The van der Waals surface area contributed by atoms with Gasteiger partial charge in [-0.15, -0.1) is 0 Å². The Hall–Kier alpha value is -0.560. The van der Waals surface area contributed by atoms with Gasteiger partial charge in [-0.3, -0.25) is 0 Å². The minimum atomic E-state index is 0.123. The van der Waals surface area contributed by atoms with E-state index in [0.717, 1.165) is 0 Å². The molecule has 0 aromatic rings. The number of nitrogens with two attached hydrogens (primary N) is 1. The summed E-state index contributed by atoms with van der Waals surface area (Å²) in [5.41, 5.74) is 9.25. The van der Waals surface area contributed by atoms with Crippen molar-refractivity contribution in [2.45, 2.75) is 47.6 Å². The van der Waals surface area contributed by atoms with E-state index in [-0.39, 0.29) is 11.5 Å². The summed E-state index contributed by atoms with van der Waals surface area (Å²) in [5, 5.41) is 0. The SMILES string of the molecule is CC1=CC(C(C)C)=CC(N)C1(C)C(C)C. The van der Waals surface area contributed by atoms with Crippen LogP contribution in [0.4, 0.5) is 0 Å². The quantitative estimate of drug-likeness (QED) is 0.736. The molecule has 0 spiro atoms. The molecule has 1 aliphatic carbocycles. The second-order valence-corrected chi connectivity index (χ2v) is 5.61. The Labute approximate surface area is 94.4 Å². The fraction of sp³-hybridized carbons (Fsp3) is 0.714. The molecule has 0 fully saturated rings. The van der Waals surface area contributed by atoms with E-state index in [4.69, 9.17) is 5.73 Å². The molecule has 0 amide bonds. The van der Waals surface area contributed by atoms with Crippen molar-refractivity contribution in [3.05, 3.63) is 23.3 Å². The molecule has 86 valence electrons. The monoisotopic (exact) mass is 207 g/mol. The van der Waals surface area contributed by atoms with Crippen molar-refractivity contribution in [1.82, 2.24) is 0 Å². The smallest absolute Gasteiger partial charge is 0.0324 e. The minimum Gasteiger partial charge on any atom is -0.324 e. The zero-order chi connectivity index (χ0) is 11.8. The molecule has 0 aliphatic heterocycles. The lowest BCUT2D eigenvalue weighted by atomic mass is 9.65. The van der Waals surface area contributed by atoms with E-state index in [9.17, 15) is 0 Å². The van der Waals surface area contributed by atoms with Gasteiger partial charge in [-0.2, -0.15) is 0 Å². The predicted octanol–water partition coefficient (Wildman–Crippen LogP) is 3.52. The van der Waals surface area contributed by atoms with Gasteiger partial charge in [0.2, 0.25) is 0 Å². The van der Waals surface area contributed by atoms with E-state index in [2.05, 4.69) is 53.7 Å². The summed E-state index contributed by atoms with van der Waals surface area (Å²) in [7, 11) is 0. The summed E-state index contributed by atoms with van der Waals surface area (Å²) in [5.74, 6) is 1.15. The third-order valence-electron chi connectivity index (χ3n) is 4.16. The maximum absolute atomic E-state index is 6.32. The molecule has 0 bridgehead atoms. The van der Waals surface area contributed by atoms with Gasteiger partial charge in [0.05, 0.1) is 0 Å². The maximum atomic E-state index is 6.32. The summed E-state index contributed by atoms with van der Waals surface area (Å²) < 4.78 is 0. The van der Waals surface area contributed by atoms with Gasteiger partial charge in [0.1, 0.15) is 0 Å². The first-order valence-electron chi connectivity index (χ1n) is 5.96. The molecule has 0 aromatic heterocycles. The Morgan fingerprint density at radius 3 is 2.13 bits per heavy atom. The van der Waals surface area contributed by atoms with Gasteiger partial charge in [0, 0.05) is 11.5 Å². The van der Waals surface area contributed by atoms with Crippen molar-refractivity contribution in [2.24, 2.45) is 23.0 Å². The Morgan fingerprint density at radius 1 is 1.27 bits per heavy atom. The number of allylic oxidation sites excluding steroid dienone is 2. The Balaban J connectivity index is 3.09. The molecule has 1 nitrogen and oxygen atoms in total. The van der Waals surface area contributed by atoms with E-state index in [1.165, 1.54) is 11.1 Å². The van der Waals surface area contributed by atoms with Crippen LogP contribution in [-0.2, 0) is 0 Å². The summed E-state index contributed by atoms with van der Waals surface area (Å²) in [4.78, 5) is 0. The first-order valence-corrected chi connectivity index (χ1v) is 5.96. The van der Waals surface area contributed by atoms with E-state index in [1.54, 1.807) is 0 Å². The van der Waals surface area contributed by atoms with Crippen LogP contribution < -0.4 is 5.73 Å². The van der Waals surface area contributed by atoms with E-state index in [1.807, 2.05) is 0 Å². The molecule has 0 radical (unpaired) electrons. The molecule has 1 rings (SSSR count). The van der Waals surface area contributed by atoms with E-state index in [0.29, 0.717) is 11.8 Å². The third kappa shape index (κ3) is 2.03. The van der Waals surface area contributed by atoms with E-state index < -0.39 is 0 Å². The highest BCUT2D eigenvalue weighted by molar-refractivity contribution is 5.37. The average Bonchev–Trinajstić information content (AvgIpc) is 2.12. The maximum Gasteiger partial charge on any atom is 0.0324 e. The summed E-state index contributed by atoms with van der Waals surface area (Å²) >= 11 is 0. The molecule has 2 N–H and O–H groups in total. The Kier molecular flexibility index (Phi) is 3.44. The number of rotatable bonds is 2. The zero-order valence-electron chi connectivity index (χ0n) is 11.0. The largest absolute Gasteiger partial charge is 0.324 e. The van der Waals surface area contributed by atoms with Crippen LogP contribution in [0.15, 0.2) is 23.3 Å². The van der Waals surface area contributed by atoms with Gasteiger partial charge in [0.15, 0.2) is 0 Å². The van der Waals surface area contributed by atoms with Crippen molar-refractivity contribution in [3.8, 4) is 0 Å².